The Balaban J connectivity index is 1.15. The van der Waals surface area contributed by atoms with Gasteiger partial charge in [-0.1, -0.05) is 18.2 Å². The minimum atomic E-state index is -0.320. The number of aromatic nitrogens is 2. The van der Waals surface area contributed by atoms with Crippen LogP contribution < -0.4 is 16.1 Å². The first kappa shape index (κ1) is 20.0. The Morgan fingerprint density at radius 3 is 2.52 bits per heavy atom. The number of fused-ring (bicyclic) bond motifs is 2. The molecule has 1 aliphatic heterocycles. The fourth-order valence-corrected chi connectivity index (χ4v) is 5.34. The highest BCUT2D eigenvalue weighted by Crippen LogP contribution is 2.31. The van der Waals surface area contributed by atoms with Crippen LogP contribution in [0.3, 0.4) is 0 Å². The van der Waals surface area contributed by atoms with Gasteiger partial charge < -0.3 is 4.90 Å². The molecule has 4 aromatic rings. The van der Waals surface area contributed by atoms with Crippen molar-refractivity contribution in [2.75, 3.05) is 37.6 Å². The van der Waals surface area contributed by atoms with E-state index in [9.17, 15) is 9.59 Å². The van der Waals surface area contributed by atoms with Crippen molar-refractivity contribution in [2.24, 2.45) is 0 Å². The van der Waals surface area contributed by atoms with Crippen LogP contribution in [-0.4, -0.2) is 47.2 Å². The highest BCUT2D eigenvalue weighted by molar-refractivity contribution is 7.17. The molecule has 0 saturated carbocycles. The number of piperazine rings is 1. The normalized spacial score (nSPS) is 15.2. The lowest BCUT2D eigenvalue weighted by atomic mass is 10.1. The van der Waals surface area contributed by atoms with E-state index in [-0.39, 0.29) is 11.2 Å². The number of rotatable bonds is 6. The molecule has 1 N–H and O–H groups in total. The van der Waals surface area contributed by atoms with Gasteiger partial charge in [0.1, 0.15) is 0 Å². The third kappa shape index (κ3) is 4.03. The molecule has 1 aliphatic rings. The number of aryl methyl sites for hydroxylation is 1. The van der Waals surface area contributed by atoms with Gasteiger partial charge >= 0.3 is 5.69 Å². The molecule has 1 saturated heterocycles. The van der Waals surface area contributed by atoms with E-state index in [1.807, 2.05) is 18.2 Å². The lowest BCUT2D eigenvalue weighted by Crippen LogP contribution is -2.46. The second-order valence-electron chi connectivity index (χ2n) is 8.07. The van der Waals surface area contributed by atoms with Gasteiger partial charge in [0, 0.05) is 48.5 Å². The number of aromatic amines is 1. The molecule has 2 aromatic heterocycles. The monoisotopic (exact) mass is 434 g/mol. The molecule has 7 heteroatoms. The Kier molecular flexibility index (Phi) is 5.61. The Morgan fingerprint density at radius 2 is 1.65 bits per heavy atom. The molecule has 0 radical (unpaired) electrons. The van der Waals surface area contributed by atoms with Crippen molar-refractivity contribution in [3.8, 4) is 0 Å². The van der Waals surface area contributed by atoms with E-state index in [0.717, 1.165) is 45.6 Å². The molecule has 0 aliphatic carbocycles. The van der Waals surface area contributed by atoms with Gasteiger partial charge in [-0.15, -0.1) is 11.3 Å². The van der Waals surface area contributed by atoms with Crippen molar-refractivity contribution in [3.63, 3.8) is 0 Å². The lowest BCUT2D eigenvalue weighted by molar-refractivity contribution is 0.251. The molecule has 6 nitrogen and oxygen atoms in total. The number of anilines is 1. The minimum absolute atomic E-state index is 0.312. The second-order valence-corrected chi connectivity index (χ2v) is 9.02. The summed E-state index contributed by atoms with van der Waals surface area (Å²) in [6.07, 6.45) is 1.93. The fraction of sp³-hybridized carbons (Fsp3) is 0.333. The van der Waals surface area contributed by atoms with Crippen LogP contribution >= 0.6 is 11.3 Å². The number of para-hydroxylation sites is 1. The van der Waals surface area contributed by atoms with Gasteiger partial charge in [0.05, 0.1) is 10.9 Å². The largest absolute Gasteiger partial charge is 0.368 e. The fourth-order valence-electron chi connectivity index (χ4n) is 4.54. The summed E-state index contributed by atoms with van der Waals surface area (Å²) in [5.41, 5.74) is 1.43. The zero-order valence-corrected chi connectivity index (χ0v) is 18.2. The molecule has 1 fully saturated rings. The van der Waals surface area contributed by atoms with Crippen LogP contribution in [-0.2, 0) is 6.54 Å². The van der Waals surface area contributed by atoms with Gasteiger partial charge in [-0.25, -0.2) is 4.79 Å². The Hall–Kier alpha value is -2.90. The molecule has 0 spiro atoms. The average molecular weight is 435 g/mol. The van der Waals surface area contributed by atoms with Crippen molar-refractivity contribution in [3.05, 3.63) is 74.7 Å². The number of nitrogens with zero attached hydrogens (tertiary/aromatic N) is 3. The van der Waals surface area contributed by atoms with Crippen LogP contribution in [0, 0.1) is 0 Å². The summed E-state index contributed by atoms with van der Waals surface area (Å²) in [5, 5.41) is 4.10. The third-order valence-corrected chi connectivity index (χ3v) is 7.08. The van der Waals surface area contributed by atoms with Crippen LogP contribution in [0.2, 0.25) is 0 Å². The third-order valence-electron chi connectivity index (χ3n) is 6.20. The van der Waals surface area contributed by atoms with Gasteiger partial charge in [-0.3, -0.25) is 19.2 Å². The molecule has 3 heterocycles. The van der Waals surface area contributed by atoms with Crippen molar-refractivity contribution in [2.45, 2.75) is 19.4 Å². The van der Waals surface area contributed by atoms with E-state index in [1.54, 1.807) is 22.0 Å². The second kappa shape index (κ2) is 8.69. The average Bonchev–Trinajstić information content (AvgIpc) is 3.28. The van der Waals surface area contributed by atoms with Crippen molar-refractivity contribution in [1.82, 2.24) is 14.5 Å². The Morgan fingerprint density at radius 1 is 0.839 bits per heavy atom. The number of nitrogens with one attached hydrogen (secondary N) is 1. The van der Waals surface area contributed by atoms with Gasteiger partial charge in [-0.05, 0) is 55.1 Å². The summed E-state index contributed by atoms with van der Waals surface area (Å²) in [7, 11) is 0. The molecule has 0 bridgehead atoms. The molecular formula is C24H26N4O2S. The molecule has 160 valence electrons. The van der Waals surface area contributed by atoms with E-state index in [2.05, 4.69) is 44.4 Å². The Labute approximate surface area is 184 Å². The maximum absolute atomic E-state index is 12.3. The summed E-state index contributed by atoms with van der Waals surface area (Å²) in [5.74, 6) is 0. The highest BCUT2D eigenvalue weighted by Gasteiger charge is 2.18. The van der Waals surface area contributed by atoms with Crippen LogP contribution in [0.4, 0.5) is 5.69 Å². The lowest BCUT2D eigenvalue weighted by Gasteiger charge is -2.36. The number of unbranched alkanes of at least 4 members (excludes halogenated alkanes) is 1. The molecule has 31 heavy (non-hydrogen) atoms. The summed E-state index contributed by atoms with van der Waals surface area (Å²) in [6, 6.07) is 16.1. The van der Waals surface area contributed by atoms with Gasteiger partial charge in [0.15, 0.2) is 0 Å². The van der Waals surface area contributed by atoms with Crippen molar-refractivity contribution in [1.29, 1.82) is 0 Å². The summed E-state index contributed by atoms with van der Waals surface area (Å²) in [6.45, 7) is 5.85. The van der Waals surface area contributed by atoms with Crippen LogP contribution in [0.5, 0.6) is 0 Å². The summed E-state index contributed by atoms with van der Waals surface area (Å²) < 4.78 is 3.04. The standard InChI is InChI=1S/C24H26N4O2S/c29-23-19-6-1-2-7-21(19)28(24(30)25-23)12-4-3-11-26-13-15-27(16-14-26)20-8-5-9-22-18(20)10-17-31-22/h1-2,5-10,17H,3-4,11-16H2,(H,25,29,30). The number of hydrogen-bond acceptors (Lipinski definition) is 5. The number of benzene rings is 2. The summed E-state index contributed by atoms with van der Waals surface area (Å²) in [4.78, 5) is 31.7. The first-order valence-corrected chi connectivity index (χ1v) is 11.7. The van der Waals surface area contributed by atoms with Gasteiger partial charge in [0.2, 0.25) is 0 Å². The molecule has 5 rings (SSSR count). The number of hydrogen-bond donors (Lipinski definition) is 1. The van der Waals surface area contributed by atoms with E-state index >= 15 is 0 Å². The Bertz CT molecular complexity index is 1310. The minimum Gasteiger partial charge on any atom is -0.368 e. The maximum atomic E-state index is 12.3. The van der Waals surface area contributed by atoms with Crippen molar-refractivity contribution >= 4 is 38.0 Å². The topological polar surface area (TPSA) is 61.3 Å². The molecule has 0 amide bonds. The van der Waals surface area contributed by atoms with Crippen LogP contribution in [0.1, 0.15) is 12.8 Å². The maximum Gasteiger partial charge on any atom is 0.328 e. The first-order chi connectivity index (χ1) is 15.2. The number of H-pyrrole nitrogens is 1. The SMILES string of the molecule is O=c1[nH]c(=O)n(CCCCN2CCN(c3cccc4sccc34)CC2)c2ccccc12. The predicted octanol–water partition coefficient (Wildman–Crippen LogP) is 3.51. The molecule has 0 unspecified atom stereocenters. The van der Waals surface area contributed by atoms with Crippen molar-refractivity contribution < 1.29 is 0 Å². The molecule has 0 atom stereocenters. The molecule has 2 aromatic carbocycles. The summed E-state index contributed by atoms with van der Waals surface area (Å²) >= 11 is 1.80. The van der Waals surface area contributed by atoms with Gasteiger partial charge in [-0.2, -0.15) is 0 Å². The quantitative estimate of drug-likeness (QED) is 0.472. The van der Waals surface area contributed by atoms with E-state index in [1.165, 1.54) is 15.8 Å². The van der Waals surface area contributed by atoms with E-state index in [0.29, 0.717) is 17.4 Å². The van der Waals surface area contributed by atoms with Crippen LogP contribution in [0.25, 0.3) is 21.0 Å². The van der Waals surface area contributed by atoms with Crippen LogP contribution in [0.15, 0.2) is 63.5 Å². The highest BCUT2D eigenvalue weighted by atomic mass is 32.1. The van der Waals surface area contributed by atoms with E-state index < -0.39 is 0 Å². The smallest absolute Gasteiger partial charge is 0.328 e. The zero-order valence-electron chi connectivity index (χ0n) is 17.4. The number of thiophene rings is 1. The molecular weight excluding hydrogens is 408 g/mol. The first-order valence-electron chi connectivity index (χ1n) is 10.9. The van der Waals surface area contributed by atoms with E-state index in [4.69, 9.17) is 0 Å². The predicted molar refractivity (Wildman–Crippen MR) is 129 cm³/mol. The van der Waals surface area contributed by atoms with Gasteiger partial charge in [0.25, 0.3) is 5.56 Å². The zero-order chi connectivity index (χ0) is 21.2.